The van der Waals surface area contributed by atoms with E-state index in [1.165, 1.54) is 0 Å². The number of rotatable bonds is 6. The third kappa shape index (κ3) is 3.97. The standard InChI is InChI=1S/C25H25BrN2O3/c1-3-4-13-29-19-9-6-17(7-10-19)25-28-22(20-14-18(26)8-12-23(20)31-25)15-21(27-28)24-11-5-16(2)30-24/h5-12,14,22,25H,3-4,13,15H2,1-2H3. The smallest absolute Gasteiger partial charge is 0.213 e. The molecule has 0 spiro atoms. The Hall–Kier alpha value is -2.73. The first kappa shape index (κ1) is 20.2. The monoisotopic (exact) mass is 480 g/mol. The fraction of sp³-hybridized carbons (Fsp3) is 0.320. The Morgan fingerprint density at radius 2 is 1.97 bits per heavy atom. The summed E-state index contributed by atoms with van der Waals surface area (Å²) in [6, 6.07) is 18.4. The number of hydrazone groups is 1. The summed E-state index contributed by atoms with van der Waals surface area (Å²) in [6.07, 6.45) is 2.64. The summed E-state index contributed by atoms with van der Waals surface area (Å²) in [4.78, 5) is 0. The molecule has 0 bridgehead atoms. The predicted octanol–water partition coefficient (Wildman–Crippen LogP) is 6.77. The highest BCUT2D eigenvalue weighted by molar-refractivity contribution is 9.10. The van der Waals surface area contributed by atoms with Crippen LogP contribution in [0, 0.1) is 6.92 Å². The van der Waals surface area contributed by atoms with E-state index in [4.69, 9.17) is 19.0 Å². The first-order valence-corrected chi connectivity index (χ1v) is 11.5. The Morgan fingerprint density at radius 1 is 1.13 bits per heavy atom. The van der Waals surface area contributed by atoms with Crippen LogP contribution in [0.3, 0.4) is 0 Å². The van der Waals surface area contributed by atoms with Gasteiger partial charge in [0.1, 0.15) is 28.7 Å². The molecule has 0 amide bonds. The average Bonchev–Trinajstić information content (AvgIpc) is 3.41. The molecule has 2 unspecified atom stereocenters. The highest BCUT2D eigenvalue weighted by Crippen LogP contribution is 2.48. The van der Waals surface area contributed by atoms with Crippen molar-refractivity contribution in [3.63, 3.8) is 0 Å². The van der Waals surface area contributed by atoms with Gasteiger partial charge in [0.15, 0.2) is 0 Å². The van der Waals surface area contributed by atoms with Crippen LogP contribution in [0.25, 0.3) is 0 Å². The second-order valence-corrected chi connectivity index (χ2v) is 8.90. The van der Waals surface area contributed by atoms with Crippen molar-refractivity contribution < 1.29 is 13.9 Å². The number of hydrogen-bond donors (Lipinski definition) is 0. The van der Waals surface area contributed by atoms with E-state index in [0.717, 1.165) is 70.2 Å². The summed E-state index contributed by atoms with van der Waals surface area (Å²) in [5.74, 6) is 3.48. The number of halogens is 1. The highest BCUT2D eigenvalue weighted by Gasteiger charge is 2.41. The van der Waals surface area contributed by atoms with Gasteiger partial charge in [0.05, 0.1) is 12.6 Å². The van der Waals surface area contributed by atoms with Gasteiger partial charge in [-0.3, -0.25) is 0 Å². The lowest BCUT2D eigenvalue weighted by atomic mass is 9.97. The molecule has 0 fully saturated rings. The molecule has 0 saturated heterocycles. The van der Waals surface area contributed by atoms with Crippen molar-refractivity contribution >= 4 is 21.6 Å². The third-order valence-corrected chi connectivity index (χ3v) is 6.20. The molecular formula is C25H25BrN2O3. The van der Waals surface area contributed by atoms with Gasteiger partial charge >= 0.3 is 0 Å². The van der Waals surface area contributed by atoms with Gasteiger partial charge in [-0.2, -0.15) is 5.10 Å². The van der Waals surface area contributed by atoms with Crippen LogP contribution in [0.2, 0.25) is 0 Å². The number of furan rings is 1. The molecule has 3 aromatic rings. The third-order valence-electron chi connectivity index (χ3n) is 5.71. The van der Waals surface area contributed by atoms with Crippen molar-refractivity contribution in [2.24, 2.45) is 5.10 Å². The molecule has 160 valence electrons. The SMILES string of the molecule is CCCCOc1ccc(C2Oc3ccc(Br)cc3C3CC(c4ccc(C)o4)=NN32)cc1. The highest BCUT2D eigenvalue weighted by atomic mass is 79.9. The summed E-state index contributed by atoms with van der Waals surface area (Å²) < 4.78 is 19.2. The van der Waals surface area contributed by atoms with Crippen molar-refractivity contribution in [3.8, 4) is 11.5 Å². The van der Waals surface area contributed by atoms with Crippen LogP contribution in [0.5, 0.6) is 11.5 Å². The molecule has 6 heteroatoms. The molecule has 2 atom stereocenters. The number of fused-ring (bicyclic) bond motifs is 3. The summed E-state index contributed by atoms with van der Waals surface area (Å²) in [6.45, 7) is 4.85. The number of unbranched alkanes of at least 4 members (excludes halogenated alkanes) is 1. The predicted molar refractivity (Wildman–Crippen MR) is 124 cm³/mol. The number of nitrogens with zero attached hydrogens (tertiary/aromatic N) is 2. The van der Waals surface area contributed by atoms with Crippen LogP contribution >= 0.6 is 15.9 Å². The first-order valence-electron chi connectivity index (χ1n) is 10.7. The van der Waals surface area contributed by atoms with Gasteiger partial charge in [0.25, 0.3) is 0 Å². The van der Waals surface area contributed by atoms with Crippen molar-refractivity contribution in [2.45, 2.75) is 45.4 Å². The van der Waals surface area contributed by atoms with E-state index in [2.05, 4.69) is 46.1 Å². The van der Waals surface area contributed by atoms with Crippen LogP contribution in [-0.2, 0) is 0 Å². The van der Waals surface area contributed by atoms with E-state index >= 15 is 0 Å². The maximum absolute atomic E-state index is 6.44. The second-order valence-electron chi connectivity index (χ2n) is 7.98. The zero-order chi connectivity index (χ0) is 21.4. The molecule has 31 heavy (non-hydrogen) atoms. The van der Waals surface area contributed by atoms with Gasteiger partial charge in [-0.25, -0.2) is 5.01 Å². The largest absolute Gasteiger partial charge is 0.494 e. The van der Waals surface area contributed by atoms with Crippen molar-refractivity contribution in [1.82, 2.24) is 5.01 Å². The maximum Gasteiger partial charge on any atom is 0.213 e. The summed E-state index contributed by atoms with van der Waals surface area (Å²) in [5, 5.41) is 7.01. The van der Waals surface area contributed by atoms with Crippen LogP contribution in [-0.4, -0.2) is 17.3 Å². The molecule has 0 N–H and O–H groups in total. The average molecular weight is 481 g/mol. The van der Waals surface area contributed by atoms with Gasteiger partial charge in [-0.05, 0) is 67.9 Å². The molecule has 0 aliphatic carbocycles. The van der Waals surface area contributed by atoms with Crippen molar-refractivity contribution in [1.29, 1.82) is 0 Å². The minimum Gasteiger partial charge on any atom is -0.494 e. The summed E-state index contributed by atoms with van der Waals surface area (Å²) >= 11 is 3.60. The van der Waals surface area contributed by atoms with Crippen LogP contribution < -0.4 is 9.47 Å². The van der Waals surface area contributed by atoms with Crippen LogP contribution in [0.4, 0.5) is 0 Å². The topological polar surface area (TPSA) is 47.2 Å². The molecular weight excluding hydrogens is 456 g/mol. The zero-order valence-electron chi connectivity index (χ0n) is 17.7. The Bertz CT molecular complexity index is 1110. The number of aryl methyl sites for hydroxylation is 1. The number of benzene rings is 2. The Balaban J connectivity index is 1.48. The maximum atomic E-state index is 6.44. The molecule has 3 heterocycles. The first-order chi connectivity index (χ1) is 15.1. The minimum absolute atomic E-state index is 0.0899. The molecule has 0 radical (unpaired) electrons. The zero-order valence-corrected chi connectivity index (χ0v) is 19.3. The molecule has 1 aromatic heterocycles. The van der Waals surface area contributed by atoms with E-state index in [1.54, 1.807) is 0 Å². The number of ether oxygens (including phenoxy) is 2. The van der Waals surface area contributed by atoms with Crippen molar-refractivity contribution in [3.05, 3.63) is 81.7 Å². The normalized spacial score (nSPS) is 19.5. The van der Waals surface area contributed by atoms with Gasteiger partial charge in [-0.1, -0.05) is 29.3 Å². The second kappa shape index (κ2) is 8.42. The van der Waals surface area contributed by atoms with E-state index in [-0.39, 0.29) is 12.3 Å². The Kier molecular flexibility index (Phi) is 5.48. The van der Waals surface area contributed by atoms with Gasteiger partial charge in [0.2, 0.25) is 6.23 Å². The van der Waals surface area contributed by atoms with E-state index in [0.29, 0.717) is 0 Å². The number of hydrogen-bond acceptors (Lipinski definition) is 5. The quantitative estimate of drug-likeness (QED) is 0.365. The van der Waals surface area contributed by atoms with Gasteiger partial charge < -0.3 is 13.9 Å². The lowest BCUT2D eigenvalue weighted by Crippen LogP contribution is -2.33. The van der Waals surface area contributed by atoms with E-state index in [1.807, 2.05) is 43.3 Å². The molecule has 2 aromatic carbocycles. The fourth-order valence-electron chi connectivity index (χ4n) is 4.08. The molecule has 0 saturated carbocycles. The lowest BCUT2D eigenvalue weighted by Gasteiger charge is -2.38. The van der Waals surface area contributed by atoms with Crippen LogP contribution in [0.1, 0.15) is 61.1 Å². The molecule has 2 aliphatic rings. The molecule has 2 aliphatic heterocycles. The van der Waals surface area contributed by atoms with Gasteiger partial charge in [-0.15, -0.1) is 0 Å². The summed E-state index contributed by atoms with van der Waals surface area (Å²) in [5.41, 5.74) is 3.12. The van der Waals surface area contributed by atoms with Gasteiger partial charge in [0, 0.05) is 22.0 Å². The minimum atomic E-state index is -0.308. The summed E-state index contributed by atoms with van der Waals surface area (Å²) in [7, 11) is 0. The van der Waals surface area contributed by atoms with E-state index < -0.39 is 0 Å². The fourth-order valence-corrected chi connectivity index (χ4v) is 4.46. The Labute approximate surface area is 190 Å². The molecule has 5 rings (SSSR count). The van der Waals surface area contributed by atoms with Crippen LogP contribution in [0.15, 0.2) is 68.6 Å². The van der Waals surface area contributed by atoms with E-state index in [9.17, 15) is 0 Å². The lowest BCUT2D eigenvalue weighted by molar-refractivity contribution is -0.0191. The Morgan fingerprint density at radius 3 is 2.71 bits per heavy atom. The van der Waals surface area contributed by atoms with Crippen molar-refractivity contribution in [2.75, 3.05) is 6.61 Å². The molecule has 5 nitrogen and oxygen atoms in total.